The summed E-state index contributed by atoms with van der Waals surface area (Å²) >= 11 is 11.2. The topological polar surface area (TPSA) is 62.4 Å². The Bertz CT molecular complexity index is 881. The van der Waals surface area contributed by atoms with Crippen LogP contribution in [0.4, 0.5) is 5.69 Å². The lowest BCUT2D eigenvalue weighted by molar-refractivity contribution is -0.113. The van der Waals surface area contributed by atoms with Gasteiger partial charge in [-0.2, -0.15) is 0 Å². The number of rotatable bonds is 4. The van der Waals surface area contributed by atoms with Crippen molar-refractivity contribution >= 4 is 40.5 Å². The van der Waals surface area contributed by atoms with E-state index >= 15 is 0 Å². The summed E-state index contributed by atoms with van der Waals surface area (Å²) in [5.41, 5.74) is 2.81. The largest absolute Gasteiger partial charge is 0.497 e. The fraction of sp³-hybridized carbons (Fsp3) is 0.158. The van der Waals surface area contributed by atoms with Gasteiger partial charge >= 0.3 is 0 Å². The van der Waals surface area contributed by atoms with Crippen LogP contribution in [-0.2, 0) is 4.79 Å². The Morgan fingerprint density at radius 2 is 1.96 bits per heavy atom. The van der Waals surface area contributed by atoms with Gasteiger partial charge in [0.2, 0.25) is 0 Å². The molecule has 134 valence electrons. The maximum absolute atomic E-state index is 13.0. The standard InChI is InChI=1S/C19H18ClN3O2S/c1-11-16(18(24)22-14-8-6-13(20)7-9-14)17(23-19(26)21-11)12-4-3-5-15(10-12)25-2/h3-10,17H,1-2H3,(H,22,24)(H2,21,23,26)/t17-/m1/s1. The second-order valence-corrected chi connectivity index (χ2v) is 6.65. The van der Waals surface area contributed by atoms with E-state index in [1.54, 1.807) is 31.4 Å². The number of nitrogens with one attached hydrogen (secondary N) is 3. The second-order valence-electron chi connectivity index (χ2n) is 5.81. The first-order valence-corrected chi connectivity index (χ1v) is 8.75. The average Bonchev–Trinajstić information content (AvgIpc) is 2.63. The summed E-state index contributed by atoms with van der Waals surface area (Å²) in [6.45, 7) is 1.83. The summed E-state index contributed by atoms with van der Waals surface area (Å²) < 4.78 is 5.30. The molecule has 0 spiro atoms. The number of carbonyl (C=O) groups excluding carboxylic acids is 1. The lowest BCUT2D eigenvalue weighted by Crippen LogP contribution is -2.45. The van der Waals surface area contributed by atoms with Gasteiger partial charge in [0.25, 0.3) is 5.91 Å². The molecular weight excluding hydrogens is 370 g/mol. The van der Waals surface area contributed by atoms with Crippen molar-refractivity contribution in [3.05, 3.63) is 70.4 Å². The molecule has 26 heavy (non-hydrogen) atoms. The zero-order valence-electron chi connectivity index (χ0n) is 14.3. The molecule has 2 aromatic rings. The first kappa shape index (κ1) is 18.2. The third-order valence-corrected chi connectivity index (χ3v) is 4.51. The van der Waals surface area contributed by atoms with E-state index in [0.29, 0.717) is 32.8 Å². The van der Waals surface area contributed by atoms with Crippen LogP contribution in [0.25, 0.3) is 0 Å². The van der Waals surface area contributed by atoms with Gasteiger partial charge in [0, 0.05) is 16.4 Å². The Kier molecular flexibility index (Phi) is 5.44. The Labute approximate surface area is 162 Å². The molecule has 0 aromatic heterocycles. The van der Waals surface area contributed by atoms with Crippen LogP contribution in [0.5, 0.6) is 5.75 Å². The molecule has 5 nitrogen and oxygen atoms in total. The molecule has 0 bridgehead atoms. The van der Waals surface area contributed by atoms with Crippen molar-refractivity contribution in [1.29, 1.82) is 0 Å². The molecule has 0 radical (unpaired) electrons. The molecule has 1 heterocycles. The number of benzene rings is 2. The van der Waals surface area contributed by atoms with Crippen molar-refractivity contribution in [3.63, 3.8) is 0 Å². The van der Waals surface area contributed by atoms with Crippen LogP contribution in [0, 0.1) is 0 Å². The highest BCUT2D eigenvalue weighted by Crippen LogP contribution is 2.29. The molecule has 1 aliphatic rings. The summed E-state index contributed by atoms with van der Waals surface area (Å²) in [6.07, 6.45) is 0. The van der Waals surface area contributed by atoms with E-state index in [2.05, 4.69) is 16.0 Å². The third kappa shape index (κ3) is 3.98. The summed E-state index contributed by atoms with van der Waals surface area (Å²) in [5.74, 6) is 0.490. The SMILES string of the molecule is COc1cccc([C@H]2NC(=S)NC(C)=C2C(=O)Nc2ccc(Cl)cc2)c1. The normalized spacial score (nSPS) is 16.6. The molecule has 0 unspecified atom stereocenters. The van der Waals surface area contributed by atoms with Gasteiger partial charge in [0.1, 0.15) is 5.75 Å². The summed E-state index contributed by atoms with van der Waals surface area (Å²) in [6, 6.07) is 14.1. The average molecular weight is 388 g/mol. The number of halogens is 1. The van der Waals surface area contributed by atoms with Crippen LogP contribution >= 0.6 is 23.8 Å². The Morgan fingerprint density at radius 1 is 1.23 bits per heavy atom. The highest BCUT2D eigenvalue weighted by atomic mass is 35.5. The fourth-order valence-electron chi connectivity index (χ4n) is 2.80. The number of ether oxygens (including phenoxy) is 1. The molecule has 2 aromatic carbocycles. The molecule has 1 atom stereocenters. The van der Waals surface area contributed by atoms with Gasteiger partial charge in [-0.15, -0.1) is 0 Å². The first-order chi connectivity index (χ1) is 12.5. The highest BCUT2D eigenvalue weighted by Gasteiger charge is 2.30. The van der Waals surface area contributed by atoms with Crippen molar-refractivity contribution in [3.8, 4) is 5.75 Å². The molecule has 1 amide bonds. The van der Waals surface area contributed by atoms with Crippen molar-refractivity contribution in [1.82, 2.24) is 10.6 Å². The minimum Gasteiger partial charge on any atom is -0.497 e. The van der Waals surface area contributed by atoms with E-state index in [1.165, 1.54) is 0 Å². The fourth-order valence-corrected chi connectivity index (χ4v) is 3.19. The van der Waals surface area contributed by atoms with Crippen LogP contribution in [-0.4, -0.2) is 18.1 Å². The molecule has 3 rings (SSSR count). The number of carbonyl (C=O) groups is 1. The molecule has 0 fully saturated rings. The predicted octanol–water partition coefficient (Wildman–Crippen LogP) is 3.78. The quantitative estimate of drug-likeness (QED) is 0.697. The molecule has 0 saturated carbocycles. The molecule has 3 N–H and O–H groups in total. The summed E-state index contributed by atoms with van der Waals surface area (Å²) in [5, 5.41) is 10.2. The lowest BCUT2D eigenvalue weighted by atomic mass is 9.94. The zero-order valence-corrected chi connectivity index (χ0v) is 15.9. The molecule has 0 saturated heterocycles. The minimum absolute atomic E-state index is 0.222. The van der Waals surface area contributed by atoms with Crippen LogP contribution in [0.15, 0.2) is 59.8 Å². The van der Waals surface area contributed by atoms with Crippen molar-refractivity contribution in [2.45, 2.75) is 13.0 Å². The highest BCUT2D eigenvalue weighted by molar-refractivity contribution is 7.80. The number of anilines is 1. The van der Waals surface area contributed by atoms with Crippen LogP contribution < -0.4 is 20.7 Å². The number of amides is 1. The van der Waals surface area contributed by atoms with E-state index in [4.69, 9.17) is 28.6 Å². The minimum atomic E-state index is -0.383. The van der Waals surface area contributed by atoms with Crippen molar-refractivity contribution in [2.75, 3.05) is 12.4 Å². The number of methoxy groups -OCH3 is 1. The van der Waals surface area contributed by atoms with Crippen LogP contribution in [0.1, 0.15) is 18.5 Å². The number of hydrogen-bond acceptors (Lipinski definition) is 3. The Hall–Kier alpha value is -2.57. The van der Waals surface area contributed by atoms with Gasteiger partial charge in [-0.1, -0.05) is 23.7 Å². The van der Waals surface area contributed by atoms with Gasteiger partial charge in [0.05, 0.1) is 18.7 Å². The monoisotopic (exact) mass is 387 g/mol. The lowest BCUT2D eigenvalue weighted by Gasteiger charge is -2.30. The van der Waals surface area contributed by atoms with E-state index in [9.17, 15) is 4.79 Å². The zero-order chi connectivity index (χ0) is 18.7. The predicted molar refractivity (Wildman–Crippen MR) is 107 cm³/mol. The molecule has 0 aliphatic carbocycles. The molecular formula is C19H18ClN3O2S. The van der Waals surface area contributed by atoms with Gasteiger partial charge in [-0.05, 0) is 61.1 Å². The second kappa shape index (κ2) is 7.76. The Balaban J connectivity index is 1.94. The summed E-state index contributed by atoms with van der Waals surface area (Å²) in [7, 11) is 1.61. The number of thiocarbonyl (C=S) groups is 1. The van der Waals surface area contributed by atoms with Gasteiger partial charge in [-0.25, -0.2) is 0 Å². The van der Waals surface area contributed by atoms with Gasteiger partial charge < -0.3 is 20.7 Å². The maximum Gasteiger partial charge on any atom is 0.255 e. The van der Waals surface area contributed by atoms with E-state index < -0.39 is 0 Å². The first-order valence-electron chi connectivity index (χ1n) is 7.97. The molecule has 7 heteroatoms. The third-order valence-electron chi connectivity index (χ3n) is 4.04. The van der Waals surface area contributed by atoms with Crippen molar-refractivity contribution in [2.24, 2.45) is 0 Å². The van der Waals surface area contributed by atoms with Crippen molar-refractivity contribution < 1.29 is 9.53 Å². The van der Waals surface area contributed by atoms with E-state index in [0.717, 1.165) is 5.56 Å². The van der Waals surface area contributed by atoms with E-state index in [1.807, 2.05) is 31.2 Å². The molecule has 1 aliphatic heterocycles. The number of allylic oxidation sites excluding steroid dienone is 1. The van der Waals surface area contributed by atoms with Crippen LogP contribution in [0.2, 0.25) is 5.02 Å². The smallest absolute Gasteiger partial charge is 0.255 e. The van der Waals surface area contributed by atoms with Gasteiger partial charge in [-0.3, -0.25) is 4.79 Å². The number of hydrogen-bond donors (Lipinski definition) is 3. The van der Waals surface area contributed by atoms with Crippen LogP contribution in [0.3, 0.4) is 0 Å². The van der Waals surface area contributed by atoms with Gasteiger partial charge in [0.15, 0.2) is 5.11 Å². The Morgan fingerprint density at radius 3 is 2.65 bits per heavy atom. The summed E-state index contributed by atoms with van der Waals surface area (Å²) in [4.78, 5) is 13.0. The maximum atomic E-state index is 13.0. The van der Waals surface area contributed by atoms with E-state index in [-0.39, 0.29) is 11.9 Å².